The van der Waals surface area contributed by atoms with Gasteiger partial charge in [-0.1, -0.05) is 30.3 Å². The lowest BCUT2D eigenvalue weighted by atomic mass is 10.2. The van der Waals surface area contributed by atoms with Crippen molar-refractivity contribution >= 4 is 18.5 Å². The van der Waals surface area contributed by atoms with E-state index in [4.69, 9.17) is 9.84 Å². The van der Waals surface area contributed by atoms with E-state index in [1.165, 1.54) is 0 Å². The molecule has 5 nitrogen and oxygen atoms in total. The predicted octanol–water partition coefficient (Wildman–Crippen LogP) is 1.06. The second-order valence-corrected chi connectivity index (χ2v) is 4.43. The van der Waals surface area contributed by atoms with Crippen molar-refractivity contribution in [3.63, 3.8) is 0 Å². The van der Waals surface area contributed by atoms with Crippen LogP contribution in [0.5, 0.6) is 0 Å². The molecule has 0 aliphatic carbocycles. The Balaban J connectivity index is 0.00000180. The fourth-order valence-corrected chi connectivity index (χ4v) is 2.00. The molecule has 1 aliphatic rings. The summed E-state index contributed by atoms with van der Waals surface area (Å²) in [5.74, 6) is 0. The molecule has 1 aromatic carbocycles. The zero-order valence-electron chi connectivity index (χ0n) is 10.5. The van der Waals surface area contributed by atoms with Crippen LogP contribution in [0.4, 0.5) is 4.79 Å². The number of rotatable bonds is 4. The predicted molar refractivity (Wildman–Crippen MR) is 74.3 cm³/mol. The second kappa shape index (κ2) is 7.99. The largest absolute Gasteiger partial charge is 0.445 e. The van der Waals surface area contributed by atoms with E-state index in [1.807, 2.05) is 30.3 Å². The maximum absolute atomic E-state index is 11.5. The van der Waals surface area contributed by atoms with E-state index in [-0.39, 0.29) is 37.7 Å². The van der Waals surface area contributed by atoms with Gasteiger partial charge in [-0.3, -0.25) is 0 Å². The highest BCUT2D eigenvalue weighted by Gasteiger charge is 2.24. The van der Waals surface area contributed by atoms with Crippen LogP contribution in [0.2, 0.25) is 0 Å². The summed E-state index contributed by atoms with van der Waals surface area (Å²) in [5.41, 5.74) is 0.963. The van der Waals surface area contributed by atoms with Crippen LogP contribution >= 0.6 is 12.4 Å². The summed E-state index contributed by atoms with van der Waals surface area (Å²) in [6.07, 6.45) is 0.320. The number of benzene rings is 1. The monoisotopic (exact) mass is 286 g/mol. The molecular formula is C13H19ClN2O3. The Hall–Kier alpha value is -1.30. The van der Waals surface area contributed by atoms with Gasteiger partial charge in [0.05, 0.1) is 6.61 Å². The quantitative estimate of drug-likeness (QED) is 0.774. The molecule has 1 fully saturated rings. The summed E-state index contributed by atoms with van der Waals surface area (Å²) in [5, 5.41) is 14.9. The van der Waals surface area contributed by atoms with E-state index in [9.17, 15) is 4.79 Å². The van der Waals surface area contributed by atoms with Crippen LogP contribution in [0.15, 0.2) is 30.3 Å². The Labute approximate surface area is 118 Å². The van der Waals surface area contributed by atoms with Gasteiger partial charge >= 0.3 is 6.09 Å². The fourth-order valence-electron chi connectivity index (χ4n) is 2.00. The van der Waals surface area contributed by atoms with E-state index in [1.54, 1.807) is 0 Å². The summed E-state index contributed by atoms with van der Waals surface area (Å²) in [6.45, 7) is 1.04. The van der Waals surface area contributed by atoms with Crippen LogP contribution in [-0.2, 0) is 11.3 Å². The Morgan fingerprint density at radius 3 is 2.79 bits per heavy atom. The minimum atomic E-state index is -0.413. The van der Waals surface area contributed by atoms with Crippen molar-refractivity contribution in [2.45, 2.75) is 25.1 Å². The topological polar surface area (TPSA) is 70.6 Å². The molecule has 19 heavy (non-hydrogen) atoms. The lowest BCUT2D eigenvalue weighted by Gasteiger charge is -2.12. The van der Waals surface area contributed by atoms with Crippen molar-refractivity contribution in [1.29, 1.82) is 0 Å². The number of halogens is 1. The molecule has 0 spiro atoms. The Kier molecular flexibility index (Phi) is 6.62. The third-order valence-electron chi connectivity index (χ3n) is 2.98. The van der Waals surface area contributed by atoms with Crippen LogP contribution in [0.3, 0.4) is 0 Å². The molecular weight excluding hydrogens is 268 g/mol. The van der Waals surface area contributed by atoms with Crippen molar-refractivity contribution in [3.8, 4) is 0 Å². The Bertz CT molecular complexity index is 389. The first-order valence-electron chi connectivity index (χ1n) is 6.09. The van der Waals surface area contributed by atoms with Crippen LogP contribution in [0.25, 0.3) is 0 Å². The molecule has 3 N–H and O–H groups in total. The summed E-state index contributed by atoms with van der Waals surface area (Å²) >= 11 is 0. The number of carbonyl (C=O) groups is 1. The zero-order valence-corrected chi connectivity index (χ0v) is 11.4. The van der Waals surface area contributed by atoms with Crippen LogP contribution in [0.1, 0.15) is 12.0 Å². The first kappa shape index (κ1) is 15.8. The molecule has 1 aliphatic heterocycles. The van der Waals surface area contributed by atoms with Crippen molar-refractivity contribution in [2.75, 3.05) is 13.2 Å². The van der Waals surface area contributed by atoms with Crippen molar-refractivity contribution in [2.24, 2.45) is 0 Å². The third-order valence-corrected chi connectivity index (χ3v) is 2.98. The van der Waals surface area contributed by atoms with Crippen LogP contribution < -0.4 is 10.6 Å². The van der Waals surface area contributed by atoms with E-state index < -0.39 is 6.09 Å². The molecule has 0 bridgehead atoms. The summed E-state index contributed by atoms with van der Waals surface area (Å²) in [7, 11) is 0. The van der Waals surface area contributed by atoms with Gasteiger partial charge in [-0.15, -0.1) is 12.4 Å². The molecule has 1 heterocycles. The summed E-state index contributed by atoms with van der Waals surface area (Å²) in [4.78, 5) is 11.5. The number of hydrogen-bond donors (Lipinski definition) is 3. The van der Waals surface area contributed by atoms with Gasteiger partial charge < -0.3 is 20.5 Å². The smallest absolute Gasteiger partial charge is 0.407 e. The lowest BCUT2D eigenvalue weighted by Crippen LogP contribution is -2.36. The highest BCUT2D eigenvalue weighted by Crippen LogP contribution is 2.06. The Morgan fingerprint density at radius 2 is 2.16 bits per heavy atom. The van der Waals surface area contributed by atoms with E-state index in [0.29, 0.717) is 6.54 Å². The molecule has 2 atom stereocenters. The van der Waals surface area contributed by atoms with Crippen molar-refractivity contribution in [1.82, 2.24) is 10.6 Å². The number of aliphatic hydroxyl groups excluding tert-OH is 1. The second-order valence-electron chi connectivity index (χ2n) is 4.43. The van der Waals surface area contributed by atoms with E-state index >= 15 is 0 Å². The minimum absolute atomic E-state index is 0. The SMILES string of the molecule is Cl.O=C(N[C@H]1CN[C@H](CO)C1)OCc1ccccc1. The number of carbonyl (C=O) groups excluding carboxylic acids is 1. The number of ether oxygens (including phenoxy) is 1. The lowest BCUT2D eigenvalue weighted by molar-refractivity contribution is 0.136. The molecule has 2 rings (SSSR count). The zero-order chi connectivity index (χ0) is 12.8. The average molecular weight is 287 g/mol. The number of amides is 1. The average Bonchev–Trinajstić information content (AvgIpc) is 2.85. The van der Waals surface area contributed by atoms with Gasteiger partial charge in [0.1, 0.15) is 6.61 Å². The first-order valence-corrected chi connectivity index (χ1v) is 6.09. The first-order chi connectivity index (χ1) is 8.78. The summed E-state index contributed by atoms with van der Waals surface area (Å²) < 4.78 is 5.12. The van der Waals surface area contributed by atoms with Gasteiger partial charge in [0.2, 0.25) is 0 Å². The van der Waals surface area contributed by atoms with Crippen LogP contribution in [0, 0.1) is 0 Å². The number of nitrogens with one attached hydrogen (secondary N) is 2. The molecule has 1 saturated heterocycles. The van der Waals surface area contributed by atoms with Gasteiger partial charge in [-0.25, -0.2) is 4.79 Å². The van der Waals surface area contributed by atoms with Crippen LogP contribution in [-0.4, -0.2) is 36.4 Å². The molecule has 0 aromatic heterocycles. The molecule has 1 aromatic rings. The number of hydrogen-bond acceptors (Lipinski definition) is 4. The third kappa shape index (κ3) is 5.06. The van der Waals surface area contributed by atoms with Crippen molar-refractivity contribution in [3.05, 3.63) is 35.9 Å². The van der Waals surface area contributed by atoms with Gasteiger partial charge in [-0.05, 0) is 12.0 Å². The maximum Gasteiger partial charge on any atom is 0.407 e. The molecule has 0 saturated carbocycles. The summed E-state index contributed by atoms with van der Waals surface area (Å²) in [6, 6.07) is 9.66. The normalized spacial score (nSPS) is 21.5. The van der Waals surface area contributed by atoms with Gasteiger partial charge in [0, 0.05) is 18.6 Å². The highest BCUT2D eigenvalue weighted by molar-refractivity contribution is 5.85. The maximum atomic E-state index is 11.5. The Morgan fingerprint density at radius 1 is 1.42 bits per heavy atom. The fraction of sp³-hybridized carbons (Fsp3) is 0.462. The van der Waals surface area contributed by atoms with E-state index in [0.717, 1.165) is 12.0 Å². The highest BCUT2D eigenvalue weighted by atomic mass is 35.5. The molecule has 0 unspecified atom stereocenters. The van der Waals surface area contributed by atoms with Crippen molar-refractivity contribution < 1.29 is 14.6 Å². The van der Waals surface area contributed by atoms with Gasteiger partial charge in [0.25, 0.3) is 0 Å². The minimum Gasteiger partial charge on any atom is -0.445 e. The number of alkyl carbamates (subject to hydrolysis) is 1. The van der Waals surface area contributed by atoms with E-state index in [2.05, 4.69) is 10.6 Å². The standard InChI is InChI=1S/C13H18N2O3.ClH/c16-8-12-6-11(7-14-12)15-13(17)18-9-10-4-2-1-3-5-10;/h1-5,11-12,14,16H,6-9H2,(H,15,17);1H/t11-,12+;/m1./s1. The van der Waals surface area contributed by atoms with Gasteiger partial charge in [0.15, 0.2) is 0 Å². The molecule has 6 heteroatoms. The molecule has 1 amide bonds. The van der Waals surface area contributed by atoms with Gasteiger partial charge in [-0.2, -0.15) is 0 Å². The molecule has 106 valence electrons. The molecule has 0 radical (unpaired) electrons. The number of aliphatic hydroxyl groups is 1.